The van der Waals surface area contributed by atoms with E-state index in [2.05, 4.69) is 58.3 Å². The Balaban J connectivity index is 0.000000234. The number of phenols is 2. The van der Waals surface area contributed by atoms with E-state index in [1.165, 1.54) is 11.1 Å². The predicted octanol–water partition coefficient (Wildman–Crippen LogP) is 10.1. The van der Waals surface area contributed by atoms with E-state index in [0.29, 0.717) is 26.1 Å². The number of ether oxygens (including phenoxy) is 2. The molecule has 6 rings (SSSR count). The number of hydrogen-bond acceptors (Lipinski definition) is 8. The fourth-order valence-corrected chi connectivity index (χ4v) is 7.03. The minimum absolute atomic E-state index is 0.137. The molecule has 0 spiro atoms. The molecule has 0 aliphatic carbocycles. The molecule has 324 valence electrons. The molecule has 0 aromatic heterocycles. The van der Waals surface area contributed by atoms with Gasteiger partial charge < -0.3 is 39.7 Å². The fraction of sp³-hybridized carbons (Fsp3) is 0.259. The van der Waals surface area contributed by atoms with Crippen LogP contribution in [0.2, 0.25) is 0 Å². The summed E-state index contributed by atoms with van der Waals surface area (Å²) in [5.41, 5.74) is 11.0. The molecule has 0 unspecified atom stereocenters. The molecule has 0 saturated heterocycles. The van der Waals surface area contributed by atoms with Gasteiger partial charge in [0.25, 0.3) is 0 Å². The lowest BCUT2D eigenvalue weighted by Crippen LogP contribution is -2.19. The highest BCUT2D eigenvalue weighted by atomic mass is 16.5. The van der Waals surface area contributed by atoms with Gasteiger partial charge in [0.2, 0.25) is 0 Å². The zero-order chi connectivity index (χ0) is 44.1. The van der Waals surface area contributed by atoms with Crippen molar-refractivity contribution in [2.75, 3.05) is 67.7 Å². The van der Waals surface area contributed by atoms with Gasteiger partial charge in [0, 0.05) is 26.3 Å². The van der Waals surface area contributed by atoms with Crippen LogP contribution in [0, 0.1) is 0 Å². The first-order valence-electron chi connectivity index (χ1n) is 21.3. The fourth-order valence-electron chi connectivity index (χ4n) is 7.03. The Bertz CT molecular complexity index is 2090. The first kappa shape index (κ1) is 46.9. The third kappa shape index (κ3) is 14.5. The lowest BCUT2D eigenvalue weighted by atomic mass is 9.87. The second-order valence-corrected chi connectivity index (χ2v) is 15.5. The molecule has 0 aliphatic rings. The van der Waals surface area contributed by atoms with Crippen LogP contribution < -0.4 is 9.47 Å². The molecular formula is C54H62N2O6. The van der Waals surface area contributed by atoms with Gasteiger partial charge >= 0.3 is 0 Å². The quantitative estimate of drug-likeness (QED) is 0.0564. The molecule has 0 fully saturated rings. The number of benzene rings is 6. The van der Waals surface area contributed by atoms with Gasteiger partial charge in [0.1, 0.15) is 36.2 Å². The van der Waals surface area contributed by atoms with Gasteiger partial charge in [0.15, 0.2) is 0 Å². The van der Waals surface area contributed by atoms with Crippen molar-refractivity contribution in [2.24, 2.45) is 0 Å². The molecule has 8 nitrogen and oxygen atoms in total. The van der Waals surface area contributed by atoms with Crippen molar-refractivity contribution in [3.63, 3.8) is 0 Å². The van der Waals surface area contributed by atoms with Gasteiger partial charge in [-0.3, -0.25) is 0 Å². The van der Waals surface area contributed by atoms with Crippen LogP contribution in [-0.2, 0) is 0 Å². The van der Waals surface area contributed by atoms with Crippen LogP contribution in [-0.4, -0.2) is 97.9 Å². The molecule has 8 heteroatoms. The van der Waals surface area contributed by atoms with Crippen molar-refractivity contribution in [3.8, 4) is 23.0 Å². The molecule has 0 heterocycles. The Hall–Kier alpha value is -6.16. The number of aliphatic hydroxyl groups is 2. The summed E-state index contributed by atoms with van der Waals surface area (Å²) in [7, 11) is 8.11. The van der Waals surface area contributed by atoms with Gasteiger partial charge in [-0.05, 0) is 158 Å². The smallest absolute Gasteiger partial charge is 0.119 e. The van der Waals surface area contributed by atoms with Crippen molar-refractivity contribution in [3.05, 3.63) is 191 Å². The van der Waals surface area contributed by atoms with Crippen LogP contribution in [0.1, 0.15) is 59.1 Å². The first-order valence-corrected chi connectivity index (χ1v) is 21.3. The topological polar surface area (TPSA) is 106 Å². The van der Waals surface area contributed by atoms with E-state index < -0.39 is 0 Å². The maximum atomic E-state index is 9.79. The third-order valence-corrected chi connectivity index (χ3v) is 10.2. The van der Waals surface area contributed by atoms with Crippen LogP contribution >= 0.6 is 0 Å². The molecule has 0 bridgehead atoms. The van der Waals surface area contributed by atoms with Crippen molar-refractivity contribution < 1.29 is 29.9 Å². The van der Waals surface area contributed by atoms with E-state index in [0.717, 1.165) is 82.0 Å². The number of hydrogen-bond donors (Lipinski definition) is 4. The Morgan fingerprint density at radius 3 is 1.00 bits per heavy atom. The van der Waals surface area contributed by atoms with Crippen molar-refractivity contribution in [1.29, 1.82) is 0 Å². The van der Waals surface area contributed by atoms with Gasteiger partial charge in [-0.1, -0.05) is 109 Å². The molecule has 0 saturated carbocycles. The second kappa shape index (κ2) is 24.9. The summed E-state index contributed by atoms with van der Waals surface area (Å²) in [5, 5.41) is 38.6. The number of rotatable bonds is 20. The van der Waals surface area contributed by atoms with E-state index in [1.54, 1.807) is 24.3 Å². The van der Waals surface area contributed by atoms with Crippen LogP contribution in [0.5, 0.6) is 23.0 Å². The molecule has 0 radical (unpaired) electrons. The summed E-state index contributed by atoms with van der Waals surface area (Å²) in [6.45, 7) is 3.27. The minimum atomic E-state index is 0.137. The number of aromatic hydroxyl groups is 2. The summed E-state index contributed by atoms with van der Waals surface area (Å²) in [6, 6.07) is 51.5. The molecule has 0 atom stereocenters. The third-order valence-electron chi connectivity index (χ3n) is 10.2. The van der Waals surface area contributed by atoms with E-state index in [1.807, 2.05) is 113 Å². The highest BCUT2D eigenvalue weighted by Gasteiger charge is 2.16. The summed E-state index contributed by atoms with van der Waals surface area (Å²) < 4.78 is 11.7. The standard InChI is InChI=1S/2C27H31NO3/c2*1-28(2)18-20-31-25-16-12-23(13-17-25)27(22-10-14-24(30)15-11-22)26(9-6-19-29)21-7-4-3-5-8-21/h2*3-5,7-8,10-17,29-30H,6,9,18-20H2,1-2H3/b2*27-26-. The van der Waals surface area contributed by atoms with Gasteiger partial charge in [-0.15, -0.1) is 0 Å². The summed E-state index contributed by atoms with van der Waals surface area (Å²) in [4.78, 5) is 4.18. The average Bonchev–Trinajstić information content (AvgIpc) is 3.29. The largest absolute Gasteiger partial charge is 0.508 e. The van der Waals surface area contributed by atoms with Crippen molar-refractivity contribution in [2.45, 2.75) is 25.7 Å². The Labute approximate surface area is 368 Å². The van der Waals surface area contributed by atoms with Gasteiger partial charge in [0.05, 0.1) is 0 Å². The maximum Gasteiger partial charge on any atom is 0.119 e. The lowest BCUT2D eigenvalue weighted by molar-refractivity contribution is 0.261. The van der Waals surface area contributed by atoms with Gasteiger partial charge in [-0.25, -0.2) is 0 Å². The van der Waals surface area contributed by atoms with Crippen molar-refractivity contribution in [1.82, 2.24) is 9.80 Å². The monoisotopic (exact) mass is 834 g/mol. The highest BCUT2D eigenvalue weighted by molar-refractivity contribution is 5.99. The number of nitrogens with zero attached hydrogens (tertiary/aromatic N) is 2. The molecule has 0 amide bonds. The zero-order valence-electron chi connectivity index (χ0n) is 36.6. The van der Waals surface area contributed by atoms with E-state index in [-0.39, 0.29) is 24.7 Å². The molecule has 6 aromatic carbocycles. The first-order chi connectivity index (χ1) is 30.2. The Morgan fingerprint density at radius 2 is 0.710 bits per heavy atom. The van der Waals surface area contributed by atoms with Crippen LogP contribution in [0.3, 0.4) is 0 Å². The Morgan fingerprint density at radius 1 is 0.403 bits per heavy atom. The maximum absolute atomic E-state index is 9.79. The minimum Gasteiger partial charge on any atom is -0.508 e. The van der Waals surface area contributed by atoms with Crippen LogP contribution in [0.4, 0.5) is 0 Å². The molecule has 6 aromatic rings. The SMILES string of the molecule is CN(C)CCOc1ccc(/C(=C(/CCCO)c2ccccc2)c2ccc(O)cc2)cc1.CN(C)CCOc1ccc(/C(=C(/CCCO)c2ccccc2)c2ccc(O)cc2)cc1. The number of likely N-dealkylation sites (N-methyl/N-ethyl adjacent to an activating group) is 2. The van der Waals surface area contributed by atoms with E-state index in [9.17, 15) is 20.4 Å². The van der Waals surface area contributed by atoms with Gasteiger partial charge in [-0.2, -0.15) is 0 Å². The predicted molar refractivity (Wildman–Crippen MR) is 255 cm³/mol. The number of phenolic OH excluding ortho intramolecular Hbond substituents is 2. The molecular weight excluding hydrogens is 773 g/mol. The van der Waals surface area contributed by atoms with Crippen LogP contribution in [0.15, 0.2) is 158 Å². The number of aliphatic hydroxyl groups excluding tert-OH is 2. The summed E-state index contributed by atoms with van der Waals surface area (Å²) in [5.74, 6) is 2.16. The summed E-state index contributed by atoms with van der Waals surface area (Å²) >= 11 is 0. The highest BCUT2D eigenvalue weighted by Crippen LogP contribution is 2.38. The van der Waals surface area contributed by atoms with Crippen LogP contribution in [0.25, 0.3) is 22.3 Å². The van der Waals surface area contributed by atoms with E-state index in [4.69, 9.17) is 9.47 Å². The summed E-state index contributed by atoms with van der Waals surface area (Å²) in [6.07, 6.45) is 2.85. The zero-order valence-corrected chi connectivity index (χ0v) is 36.6. The van der Waals surface area contributed by atoms with E-state index >= 15 is 0 Å². The van der Waals surface area contributed by atoms with Crippen molar-refractivity contribution >= 4 is 22.3 Å². The average molecular weight is 835 g/mol. The molecule has 62 heavy (non-hydrogen) atoms. The Kier molecular flexibility index (Phi) is 18.9. The number of allylic oxidation sites excluding steroid dienone is 2. The lowest BCUT2D eigenvalue weighted by Gasteiger charge is -2.18. The normalized spacial score (nSPS) is 12.0. The second-order valence-electron chi connectivity index (χ2n) is 15.5. The molecule has 4 N–H and O–H groups in total. The molecule has 0 aliphatic heterocycles.